The van der Waals surface area contributed by atoms with Crippen molar-refractivity contribution in [2.45, 2.75) is 38.6 Å². The lowest BCUT2D eigenvalue weighted by atomic mass is 10.0. The smallest absolute Gasteiger partial charge is 0.130 e. The summed E-state index contributed by atoms with van der Waals surface area (Å²) < 4.78 is 0. The minimum atomic E-state index is 0.758. The highest BCUT2D eigenvalue weighted by molar-refractivity contribution is 5.95. The van der Waals surface area contributed by atoms with Gasteiger partial charge in [0.2, 0.25) is 0 Å². The van der Waals surface area contributed by atoms with Gasteiger partial charge in [-0.15, -0.1) is 0 Å². The van der Waals surface area contributed by atoms with Crippen molar-refractivity contribution in [2.24, 2.45) is 0 Å². The van der Waals surface area contributed by atoms with Gasteiger partial charge in [-0.1, -0.05) is 19.1 Å². The Morgan fingerprint density at radius 1 is 0.917 bits per heavy atom. The molecule has 36 heavy (non-hydrogen) atoms. The number of aromatic nitrogens is 4. The lowest BCUT2D eigenvalue weighted by Crippen LogP contribution is -2.29. The summed E-state index contributed by atoms with van der Waals surface area (Å²) in [6.45, 7) is 9.77. The van der Waals surface area contributed by atoms with E-state index in [4.69, 9.17) is 0 Å². The molecule has 0 unspecified atom stereocenters. The van der Waals surface area contributed by atoms with Gasteiger partial charge in [0.25, 0.3) is 0 Å². The van der Waals surface area contributed by atoms with Crippen LogP contribution >= 0.6 is 0 Å². The number of nitrogens with one attached hydrogen (secondary N) is 2. The molecule has 0 spiro atoms. The zero-order valence-corrected chi connectivity index (χ0v) is 20.7. The molecule has 6 rings (SSSR count). The first kappa shape index (κ1) is 22.7. The van der Waals surface area contributed by atoms with E-state index >= 15 is 0 Å². The summed E-state index contributed by atoms with van der Waals surface area (Å²) in [7, 11) is 0. The van der Waals surface area contributed by atoms with Crippen molar-refractivity contribution in [1.82, 2.24) is 25.1 Å². The number of rotatable bonds is 7. The van der Waals surface area contributed by atoms with Crippen molar-refractivity contribution < 1.29 is 0 Å². The maximum Gasteiger partial charge on any atom is 0.130 e. The van der Waals surface area contributed by atoms with Crippen molar-refractivity contribution in [1.29, 1.82) is 0 Å². The summed E-state index contributed by atoms with van der Waals surface area (Å²) in [5, 5.41) is 12.2. The molecule has 5 heterocycles. The monoisotopic (exact) mass is 479 g/mol. The number of pyridine rings is 2. The minimum absolute atomic E-state index is 0.758. The Labute approximate surface area is 212 Å². The molecule has 0 atom stereocenters. The molecule has 2 N–H and O–H groups in total. The molecule has 2 saturated heterocycles. The number of likely N-dealkylation sites (tertiary alicyclic amines) is 1. The molecule has 0 aliphatic carbocycles. The van der Waals surface area contributed by atoms with E-state index in [-0.39, 0.29) is 0 Å². The summed E-state index contributed by atoms with van der Waals surface area (Å²) >= 11 is 0. The van der Waals surface area contributed by atoms with Crippen LogP contribution in [0.15, 0.2) is 61.6 Å². The molecule has 0 amide bonds. The van der Waals surface area contributed by atoms with E-state index in [0.717, 1.165) is 64.6 Å². The zero-order valence-electron chi connectivity index (χ0n) is 20.7. The molecule has 3 aromatic heterocycles. The Morgan fingerprint density at radius 2 is 1.75 bits per heavy atom. The Bertz CT molecular complexity index is 1360. The fourth-order valence-corrected chi connectivity index (χ4v) is 5.38. The van der Waals surface area contributed by atoms with Crippen molar-refractivity contribution in [3.05, 3.63) is 72.8 Å². The fourth-order valence-electron chi connectivity index (χ4n) is 5.38. The summed E-state index contributed by atoms with van der Waals surface area (Å²) in [5.41, 5.74) is 7.06. The third-order valence-electron chi connectivity index (χ3n) is 7.30. The van der Waals surface area contributed by atoms with Gasteiger partial charge >= 0.3 is 0 Å². The second kappa shape index (κ2) is 10.1. The summed E-state index contributed by atoms with van der Waals surface area (Å²) in [6.07, 6.45) is 12.2. The molecule has 1 aromatic carbocycles. The molecular formula is C29H33N7. The standard InChI is InChI=1S/C29H33N7/c1-21(32-25-9-10-31-28(17-25)36-13-5-6-14-36)29-26-16-23(7-8-27(26)33-34-29)24-15-22(18-30-19-24)20-35-11-3-2-4-12-35/h7-10,15-19H,1-6,11-14,20H2,(H,31,32)(H,33,34). The molecular weight excluding hydrogens is 446 g/mol. The van der Waals surface area contributed by atoms with Crippen LogP contribution in [0.5, 0.6) is 0 Å². The Morgan fingerprint density at radius 3 is 2.61 bits per heavy atom. The van der Waals surface area contributed by atoms with Crippen LogP contribution in [-0.2, 0) is 6.54 Å². The molecule has 7 heteroatoms. The average Bonchev–Trinajstić information content (AvgIpc) is 3.60. The number of benzene rings is 1. The van der Waals surface area contributed by atoms with Crippen molar-refractivity contribution in [3.8, 4) is 11.1 Å². The number of piperidine rings is 1. The first-order valence-corrected chi connectivity index (χ1v) is 13.0. The van der Waals surface area contributed by atoms with Gasteiger partial charge in [0, 0.05) is 60.9 Å². The highest BCUT2D eigenvalue weighted by Gasteiger charge is 2.16. The van der Waals surface area contributed by atoms with Gasteiger partial charge in [-0.05, 0) is 74.2 Å². The van der Waals surface area contributed by atoms with Gasteiger partial charge in [0.1, 0.15) is 11.5 Å². The van der Waals surface area contributed by atoms with Crippen LogP contribution in [0.3, 0.4) is 0 Å². The summed E-state index contributed by atoms with van der Waals surface area (Å²) in [6, 6.07) is 12.7. The van der Waals surface area contributed by atoms with E-state index in [1.807, 2.05) is 24.7 Å². The van der Waals surface area contributed by atoms with Crippen LogP contribution in [0.2, 0.25) is 0 Å². The van der Waals surface area contributed by atoms with Crippen LogP contribution in [0, 0.1) is 0 Å². The maximum absolute atomic E-state index is 4.59. The van der Waals surface area contributed by atoms with Gasteiger partial charge in [0.15, 0.2) is 0 Å². The van der Waals surface area contributed by atoms with Crippen molar-refractivity contribution in [2.75, 3.05) is 36.4 Å². The van der Waals surface area contributed by atoms with E-state index < -0.39 is 0 Å². The zero-order chi connectivity index (χ0) is 24.3. The first-order chi connectivity index (χ1) is 17.7. The quantitative estimate of drug-likeness (QED) is 0.355. The van der Waals surface area contributed by atoms with Crippen molar-refractivity contribution >= 4 is 28.1 Å². The largest absolute Gasteiger partial charge is 0.357 e. The third kappa shape index (κ3) is 4.84. The second-order valence-electron chi connectivity index (χ2n) is 9.95. The fraction of sp³-hybridized carbons (Fsp3) is 0.345. The van der Waals surface area contributed by atoms with Gasteiger partial charge < -0.3 is 10.2 Å². The van der Waals surface area contributed by atoms with Crippen LogP contribution in [0.25, 0.3) is 27.7 Å². The lowest BCUT2D eigenvalue weighted by molar-refractivity contribution is 0.220. The summed E-state index contributed by atoms with van der Waals surface area (Å²) in [4.78, 5) is 14.0. The maximum atomic E-state index is 4.59. The summed E-state index contributed by atoms with van der Waals surface area (Å²) in [5.74, 6) is 1.01. The normalized spacial score (nSPS) is 16.5. The van der Waals surface area contributed by atoms with Crippen LogP contribution in [0.4, 0.5) is 11.5 Å². The molecule has 184 valence electrons. The number of H-pyrrole nitrogens is 1. The Hall–Kier alpha value is -3.71. The average molecular weight is 480 g/mol. The van der Waals surface area contributed by atoms with Crippen LogP contribution in [-0.4, -0.2) is 51.2 Å². The van der Waals surface area contributed by atoms with Gasteiger partial charge in [-0.2, -0.15) is 5.10 Å². The van der Waals surface area contributed by atoms with Gasteiger partial charge in [0.05, 0.1) is 11.2 Å². The number of aromatic amines is 1. The van der Waals surface area contributed by atoms with Crippen LogP contribution in [0.1, 0.15) is 43.4 Å². The van der Waals surface area contributed by atoms with E-state index in [1.54, 1.807) is 0 Å². The predicted molar refractivity (Wildman–Crippen MR) is 147 cm³/mol. The van der Waals surface area contributed by atoms with E-state index in [1.165, 1.54) is 50.8 Å². The van der Waals surface area contributed by atoms with E-state index in [0.29, 0.717) is 0 Å². The van der Waals surface area contributed by atoms with Gasteiger partial charge in [-0.3, -0.25) is 15.0 Å². The predicted octanol–water partition coefficient (Wildman–Crippen LogP) is 5.69. The molecule has 0 saturated carbocycles. The third-order valence-corrected chi connectivity index (χ3v) is 7.30. The van der Waals surface area contributed by atoms with E-state index in [9.17, 15) is 0 Å². The first-order valence-electron chi connectivity index (χ1n) is 13.0. The number of fused-ring (bicyclic) bond motifs is 1. The molecule has 0 radical (unpaired) electrons. The number of anilines is 2. The lowest BCUT2D eigenvalue weighted by Gasteiger charge is -2.26. The number of nitrogens with zero attached hydrogens (tertiary/aromatic N) is 5. The highest BCUT2D eigenvalue weighted by atomic mass is 15.2. The molecule has 4 aromatic rings. The number of hydrogen-bond acceptors (Lipinski definition) is 6. The molecule has 2 aliphatic rings. The Kier molecular flexibility index (Phi) is 6.38. The molecule has 7 nitrogen and oxygen atoms in total. The second-order valence-corrected chi connectivity index (χ2v) is 9.95. The van der Waals surface area contributed by atoms with Gasteiger partial charge in [-0.25, -0.2) is 4.98 Å². The van der Waals surface area contributed by atoms with Crippen LogP contribution < -0.4 is 10.2 Å². The molecule has 0 bridgehead atoms. The minimum Gasteiger partial charge on any atom is -0.357 e. The Balaban J connectivity index is 1.23. The highest BCUT2D eigenvalue weighted by Crippen LogP contribution is 2.30. The number of hydrogen-bond donors (Lipinski definition) is 2. The topological polar surface area (TPSA) is 73.0 Å². The SMILES string of the molecule is C=C(Nc1ccnc(N2CCCC2)c1)c1n[nH]c2ccc(-c3cncc(CN4CCCCC4)c3)cc12. The van der Waals surface area contributed by atoms with Crippen molar-refractivity contribution in [3.63, 3.8) is 0 Å². The van der Waals surface area contributed by atoms with E-state index in [2.05, 4.69) is 72.2 Å². The molecule has 2 fully saturated rings. The molecule has 2 aliphatic heterocycles.